The van der Waals surface area contributed by atoms with Crippen molar-refractivity contribution >= 4 is 0 Å². The third-order valence-electron chi connectivity index (χ3n) is 2.67. The number of hydrogen-bond donors (Lipinski definition) is 1. The highest BCUT2D eigenvalue weighted by Gasteiger charge is 2.56. The lowest BCUT2D eigenvalue weighted by atomic mass is 9.75. The van der Waals surface area contributed by atoms with Crippen LogP contribution < -0.4 is 5.73 Å². The Hall–Kier alpha value is -0.220. The van der Waals surface area contributed by atoms with Crippen molar-refractivity contribution in [3.05, 3.63) is 0 Å². The molecule has 0 aliphatic carbocycles. The smallest absolute Gasteiger partial charge is 0.259 e. The van der Waals surface area contributed by atoms with Crippen LogP contribution in [0.3, 0.4) is 0 Å². The molecular formula is C8H15F2NO. The number of hydrogen-bond acceptors (Lipinski definition) is 2. The van der Waals surface area contributed by atoms with Gasteiger partial charge in [-0.1, -0.05) is 6.92 Å². The van der Waals surface area contributed by atoms with Crippen LogP contribution in [0.25, 0.3) is 0 Å². The predicted octanol–water partition coefficient (Wildman–Crippen LogP) is 1.40. The Bertz CT molecular complexity index is 152. The van der Waals surface area contributed by atoms with E-state index in [1.807, 2.05) is 0 Å². The van der Waals surface area contributed by atoms with Crippen LogP contribution in [0.4, 0.5) is 8.78 Å². The Kier molecular flexibility index (Phi) is 2.68. The first-order chi connectivity index (χ1) is 5.58. The van der Waals surface area contributed by atoms with Gasteiger partial charge in [0.2, 0.25) is 0 Å². The molecule has 0 radical (unpaired) electrons. The Morgan fingerprint density at radius 1 is 1.50 bits per heavy atom. The Morgan fingerprint density at radius 3 is 2.33 bits per heavy atom. The largest absolute Gasteiger partial charge is 0.380 e. The Morgan fingerprint density at radius 2 is 2.08 bits per heavy atom. The summed E-state index contributed by atoms with van der Waals surface area (Å²) in [6.07, 6.45) is 0.226. The maximum Gasteiger partial charge on any atom is 0.259 e. The molecule has 0 aromatic carbocycles. The summed E-state index contributed by atoms with van der Waals surface area (Å²) in [5, 5.41) is 0. The SMILES string of the molecule is CCC1(C(F)(F)CCN)COC1. The minimum Gasteiger partial charge on any atom is -0.380 e. The van der Waals surface area contributed by atoms with E-state index in [1.54, 1.807) is 6.92 Å². The van der Waals surface area contributed by atoms with Crippen LogP contribution in [0.15, 0.2) is 0 Å². The summed E-state index contributed by atoms with van der Waals surface area (Å²) in [5.74, 6) is -2.66. The molecule has 1 rings (SSSR count). The summed E-state index contributed by atoms with van der Waals surface area (Å²) in [6, 6.07) is 0. The van der Waals surface area contributed by atoms with Crippen molar-refractivity contribution in [2.45, 2.75) is 25.7 Å². The zero-order chi connectivity index (χ0) is 9.24. The van der Waals surface area contributed by atoms with E-state index in [-0.39, 0.29) is 26.2 Å². The fourth-order valence-electron chi connectivity index (χ4n) is 1.47. The van der Waals surface area contributed by atoms with E-state index in [0.717, 1.165) is 0 Å². The molecule has 4 heteroatoms. The van der Waals surface area contributed by atoms with Gasteiger partial charge in [0.25, 0.3) is 5.92 Å². The van der Waals surface area contributed by atoms with Crippen LogP contribution >= 0.6 is 0 Å². The first-order valence-corrected chi connectivity index (χ1v) is 4.23. The molecule has 0 atom stereocenters. The summed E-state index contributed by atoms with van der Waals surface area (Å²) in [7, 11) is 0. The van der Waals surface area contributed by atoms with Gasteiger partial charge in [0.1, 0.15) is 0 Å². The molecule has 1 saturated heterocycles. The molecule has 72 valence electrons. The van der Waals surface area contributed by atoms with Gasteiger partial charge in [-0.05, 0) is 13.0 Å². The maximum absolute atomic E-state index is 13.4. The lowest BCUT2D eigenvalue weighted by molar-refractivity contribution is -0.246. The molecule has 0 spiro atoms. The van der Waals surface area contributed by atoms with Crippen LogP contribution in [0.2, 0.25) is 0 Å². The molecule has 12 heavy (non-hydrogen) atoms. The third kappa shape index (κ3) is 1.33. The van der Waals surface area contributed by atoms with Crippen LogP contribution in [-0.2, 0) is 4.74 Å². The maximum atomic E-state index is 13.4. The van der Waals surface area contributed by atoms with E-state index >= 15 is 0 Å². The topological polar surface area (TPSA) is 35.2 Å². The lowest BCUT2D eigenvalue weighted by Gasteiger charge is -2.46. The first-order valence-electron chi connectivity index (χ1n) is 4.23. The molecule has 2 N–H and O–H groups in total. The number of alkyl halides is 2. The van der Waals surface area contributed by atoms with Crippen molar-refractivity contribution in [1.82, 2.24) is 0 Å². The van der Waals surface area contributed by atoms with E-state index < -0.39 is 11.3 Å². The third-order valence-corrected chi connectivity index (χ3v) is 2.67. The fraction of sp³-hybridized carbons (Fsp3) is 1.00. The minimum atomic E-state index is -2.66. The average Bonchev–Trinajstić information content (AvgIpc) is 1.84. The summed E-state index contributed by atoms with van der Waals surface area (Å²) in [5.41, 5.74) is 4.20. The zero-order valence-electron chi connectivity index (χ0n) is 7.28. The summed E-state index contributed by atoms with van der Waals surface area (Å²) in [4.78, 5) is 0. The quantitative estimate of drug-likeness (QED) is 0.708. The second-order valence-corrected chi connectivity index (χ2v) is 3.37. The van der Waals surface area contributed by atoms with Gasteiger partial charge >= 0.3 is 0 Å². The molecule has 1 aliphatic rings. The molecule has 2 nitrogen and oxygen atoms in total. The van der Waals surface area contributed by atoms with Crippen LogP contribution in [-0.4, -0.2) is 25.7 Å². The second kappa shape index (κ2) is 3.26. The molecule has 0 saturated carbocycles. The van der Waals surface area contributed by atoms with E-state index in [4.69, 9.17) is 10.5 Å². The summed E-state index contributed by atoms with van der Waals surface area (Å²) in [6.45, 7) is 2.16. The van der Waals surface area contributed by atoms with Gasteiger partial charge in [0, 0.05) is 6.42 Å². The van der Waals surface area contributed by atoms with Gasteiger partial charge in [-0.3, -0.25) is 0 Å². The fourth-order valence-corrected chi connectivity index (χ4v) is 1.47. The van der Waals surface area contributed by atoms with Crippen LogP contribution in [0.5, 0.6) is 0 Å². The van der Waals surface area contributed by atoms with Gasteiger partial charge in [0.15, 0.2) is 0 Å². The van der Waals surface area contributed by atoms with E-state index in [2.05, 4.69) is 0 Å². The zero-order valence-corrected chi connectivity index (χ0v) is 7.28. The Labute approximate surface area is 71.1 Å². The standard InChI is InChI=1S/C8H15F2NO/c1-2-7(5-12-6-7)8(9,10)3-4-11/h2-6,11H2,1H3. The van der Waals surface area contributed by atoms with Crippen molar-refractivity contribution in [2.24, 2.45) is 11.1 Å². The molecule has 0 bridgehead atoms. The molecule has 1 heterocycles. The summed E-state index contributed by atoms with van der Waals surface area (Å²) >= 11 is 0. The van der Waals surface area contributed by atoms with Gasteiger partial charge in [0.05, 0.1) is 18.6 Å². The summed E-state index contributed by atoms with van der Waals surface area (Å²) < 4.78 is 31.6. The molecular weight excluding hydrogens is 164 g/mol. The number of nitrogens with two attached hydrogens (primary N) is 1. The van der Waals surface area contributed by atoms with Crippen molar-refractivity contribution < 1.29 is 13.5 Å². The van der Waals surface area contributed by atoms with E-state index in [1.165, 1.54) is 0 Å². The first kappa shape index (κ1) is 9.86. The van der Waals surface area contributed by atoms with Gasteiger partial charge in [-0.25, -0.2) is 8.78 Å². The molecule has 0 unspecified atom stereocenters. The van der Waals surface area contributed by atoms with Crippen molar-refractivity contribution in [3.63, 3.8) is 0 Å². The van der Waals surface area contributed by atoms with Gasteiger partial charge < -0.3 is 10.5 Å². The highest BCUT2D eigenvalue weighted by molar-refractivity contribution is 4.96. The van der Waals surface area contributed by atoms with E-state index in [9.17, 15) is 8.78 Å². The monoisotopic (exact) mass is 179 g/mol. The minimum absolute atomic E-state index is 0.0365. The van der Waals surface area contributed by atoms with Gasteiger partial charge in [-0.2, -0.15) is 0 Å². The van der Waals surface area contributed by atoms with E-state index in [0.29, 0.717) is 6.42 Å². The highest BCUT2D eigenvalue weighted by Crippen LogP contribution is 2.47. The van der Waals surface area contributed by atoms with Crippen molar-refractivity contribution in [3.8, 4) is 0 Å². The van der Waals surface area contributed by atoms with Crippen LogP contribution in [0.1, 0.15) is 19.8 Å². The average molecular weight is 179 g/mol. The van der Waals surface area contributed by atoms with Gasteiger partial charge in [-0.15, -0.1) is 0 Å². The Balaban J connectivity index is 2.63. The second-order valence-electron chi connectivity index (χ2n) is 3.37. The molecule has 0 amide bonds. The number of ether oxygens (including phenoxy) is 1. The van der Waals surface area contributed by atoms with Crippen molar-refractivity contribution in [2.75, 3.05) is 19.8 Å². The predicted molar refractivity (Wildman–Crippen MR) is 42.2 cm³/mol. The lowest BCUT2D eigenvalue weighted by Crippen LogP contribution is -2.55. The van der Waals surface area contributed by atoms with Crippen LogP contribution in [0, 0.1) is 5.41 Å². The molecule has 1 fully saturated rings. The number of halogens is 2. The highest BCUT2D eigenvalue weighted by atomic mass is 19.3. The molecule has 0 aromatic heterocycles. The number of rotatable bonds is 4. The van der Waals surface area contributed by atoms with Crippen molar-refractivity contribution in [1.29, 1.82) is 0 Å². The normalized spacial score (nSPS) is 22.0. The molecule has 1 aliphatic heterocycles. The molecule has 0 aromatic rings.